The molecule has 3 heteroatoms. The molecule has 18 heavy (non-hydrogen) atoms. The summed E-state index contributed by atoms with van der Waals surface area (Å²) >= 11 is 0. The molecule has 104 valence electrons. The Bertz CT molecular complexity index is 293. The normalized spacial score (nSPS) is 45.3. The molecule has 4 unspecified atom stereocenters. The summed E-state index contributed by atoms with van der Waals surface area (Å²) in [7, 11) is 0. The maximum atomic E-state index is 6.31. The fourth-order valence-electron chi connectivity index (χ4n) is 4.81. The van der Waals surface area contributed by atoms with E-state index in [4.69, 9.17) is 5.73 Å². The standard InChI is InChI=1S/C15H29N3/c1-2-14-5-3-4-8-18(14)15(12-16)7-10-17-9-6-13(15)11-17/h13-14H,2-12,16H2,1H3. The molecule has 0 spiro atoms. The molecule has 3 aliphatic heterocycles. The first kappa shape index (κ1) is 12.9. The molecule has 0 aliphatic carbocycles. The molecule has 2 N–H and O–H groups in total. The first-order valence-electron chi connectivity index (χ1n) is 7.99. The maximum absolute atomic E-state index is 6.31. The van der Waals surface area contributed by atoms with E-state index in [1.165, 1.54) is 64.7 Å². The molecule has 3 rings (SSSR count). The third-order valence-electron chi connectivity index (χ3n) is 5.92. The summed E-state index contributed by atoms with van der Waals surface area (Å²) in [6.45, 7) is 8.44. The lowest BCUT2D eigenvalue weighted by atomic mass is 9.75. The summed E-state index contributed by atoms with van der Waals surface area (Å²) in [5.41, 5.74) is 6.65. The van der Waals surface area contributed by atoms with Crippen LogP contribution in [-0.4, -0.2) is 54.1 Å². The highest BCUT2D eigenvalue weighted by atomic mass is 15.3. The van der Waals surface area contributed by atoms with Crippen LogP contribution in [0.2, 0.25) is 0 Å². The minimum absolute atomic E-state index is 0.341. The number of piperidine rings is 2. The van der Waals surface area contributed by atoms with Crippen molar-refractivity contribution in [2.75, 3.05) is 32.7 Å². The SMILES string of the molecule is CCC1CCCCN1C1(CN)CCN2CCC1C2. The minimum Gasteiger partial charge on any atom is -0.329 e. The number of rotatable bonds is 3. The lowest BCUT2D eigenvalue weighted by molar-refractivity contribution is -0.0391. The van der Waals surface area contributed by atoms with Gasteiger partial charge in [-0.25, -0.2) is 0 Å². The number of fused-ring (bicyclic) bond motifs is 2. The second kappa shape index (κ2) is 5.10. The molecule has 0 aromatic heterocycles. The van der Waals surface area contributed by atoms with Gasteiger partial charge in [-0.05, 0) is 57.7 Å². The smallest absolute Gasteiger partial charge is 0.0387 e. The Kier molecular flexibility index (Phi) is 3.65. The van der Waals surface area contributed by atoms with Crippen LogP contribution >= 0.6 is 0 Å². The average molecular weight is 251 g/mol. The molecule has 3 heterocycles. The monoisotopic (exact) mass is 251 g/mol. The first-order valence-corrected chi connectivity index (χ1v) is 7.99. The molecular weight excluding hydrogens is 222 g/mol. The van der Waals surface area contributed by atoms with Gasteiger partial charge in [0.05, 0.1) is 0 Å². The number of hydrogen-bond acceptors (Lipinski definition) is 3. The Hall–Kier alpha value is -0.120. The lowest BCUT2D eigenvalue weighted by Crippen LogP contribution is -2.65. The number of hydrogen-bond donors (Lipinski definition) is 1. The van der Waals surface area contributed by atoms with Gasteiger partial charge < -0.3 is 10.6 Å². The molecule has 3 nitrogen and oxygen atoms in total. The van der Waals surface area contributed by atoms with Gasteiger partial charge in [0.15, 0.2) is 0 Å². The van der Waals surface area contributed by atoms with Gasteiger partial charge in [-0.3, -0.25) is 4.90 Å². The molecule has 4 atom stereocenters. The van der Waals surface area contributed by atoms with Crippen LogP contribution in [0, 0.1) is 5.92 Å². The van der Waals surface area contributed by atoms with E-state index in [1.54, 1.807) is 0 Å². The summed E-state index contributed by atoms with van der Waals surface area (Å²) in [5, 5.41) is 0. The van der Waals surface area contributed by atoms with Gasteiger partial charge >= 0.3 is 0 Å². The Labute approximate surface area is 112 Å². The van der Waals surface area contributed by atoms with Gasteiger partial charge in [-0.1, -0.05) is 13.3 Å². The summed E-state index contributed by atoms with van der Waals surface area (Å²) < 4.78 is 0. The van der Waals surface area contributed by atoms with Crippen molar-refractivity contribution >= 4 is 0 Å². The average Bonchev–Trinajstić information content (AvgIpc) is 2.84. The summed E-state index contributed by atoms with van der Waals surface area (Å²) in [5.74, 6) is 0.836. The number of nitrogens with zero attached hydrogens (tertiary/aromatic N) is 2. The van der Waals surface area contributed by atoms with Gasteiger partial charge in [-0.2, -0.15) is 0 Å². The fraction of sp³-hybridized carbons (Fsp3) is 1.00. The fourth-order valence-corrected chi connectivity index (χ4v) is 4.81. The van der Waals surface area contributed by atoms with E-state index in [0.717, 1.165) is 18.5 Å². The predicted molar refractivity (Wildman–Crippen MR) is 75.6 cm³/mol. The van der Waals surface area contributed by atoms with Crippen LogP contribution in [0.15, 0.2) is 0 Å². The van der Waals surface area contributed by atoms with E-state index < -0.39 is 0 Å². The summed E-state index contributed by atoms with van der Waals surface area (Å²) in [6, 6.07) is 0.800. The van der Waals surface area contributed by atoms with E-state index in [9.17, 15) is 0 Å². The van der Waals surface area contributed by atoms with Crippen LogP contribution in [0.3, 0.4) is 0 Å². The Morgan fingerprint density at radius 1 is 1.17 bits per heavy atom. The van der Waals surface area contributed by atoms with Gasteiger partial charge in [0, 0.05) is 24.7 Å². The second-order valence-electron chi connectivity index (χ2n) is 6.60. The highest BCUT2D eigenvalue weighted by Gasteiger charge is 2.50. The molecular formula is C15H29N3. The predicted octanol–water partition coefficient (Wildman–Crippen LogP) is 1.67. The van der Waals surface area contributed by atoms with Crippen molar-refractivity contribution < 1.29 is 0 Å². The van der Waals surface area contributed by atoms with Crippen molar-refractivity contribution in [1.82, 2.24) is 9.80 Å². The van der Waals surface area contributed by atoms with Crippen LogP contribution in [0.25, 0.3) is 0 Å². The molecule has 0 amide bonds. The zero-order valence-electron chi connectivity index (χ0n) is 11.9. The van der Waals surface area contributed by atoms with Gasteiger partial charge in [0.2, 0.25) is 0 Å². The largest absolute Gasteiger partial charge is 0.329 e. The molecule has 0 aromatic carbocycles. The lowest BCUT2D eigenvalue weighted by Gasteiger charge is -2.54. The molecule has 0 radical (unpaired) electrons. The molecule has 0 saturated carbocycles. The quantitative estimate of drug-likeness (QED) is 0.828. The van der Waals surface area contributed by atoms with Crippen molar-refractivity contribution in [2.24, 2.45) is 11.7 Å². The zero-order chi connectivity index (χ0) is 12.6. The third-order valence-corrected chi connectivity index (χ3v) is 5.92. The highest BCUT2D eigenvalue weighted by Crippen LogP contribution is 2.42. The minimum atomic E-state index is 0.341. The Morgan fingerprint density at radius 2 is 2.06 bits per heavy atom. The summed E-state index contributed by atoms with van der Waals surface area (Å²) in [6.07, 6.45) is 8.20. The van der Waals surface area contributed by atoms with Crippen LogP contribution in [0.4, 0.5) is 0 Å². The van der Waals surface area contributed by atoms with Crippen LogP contribution in [0.5, 0.6) is 0 Å². The first-order chi connectivity index (χ1) is 8.80. The van der Waals surface area contributed by atoms with E-state index in [0.29, 0.717) is 5.54 Å². The summed E-state index contributed by atoms with van der Waals surface area (Å²) in [4.78, 5) is 5.49. The van der Waals surface area contributed by atoms with Gasteiger partial charge in [0.1, 0.15) is 0 Å². The van der Waals surface area contributed by atoms with E-state index in [2.05, 4.69) is 16.7 Å². The van der Waals surface area contributed by atoms with Crippen molar-refractivity contribution in [3.63, 3.8) is 0 Å². The third kappa shape index (κ3) is 1.91. The molecule has 3 saturated heterocycles. The Morgan fingerprint density at radius 3 is 2.83 bits per heavy atom. The molecule has 2 bridgehead atoms. The van der Waals surface area contributed by atoms with Crippen LogP contribution in [0.1, 0.15) is 45.4 Å². The zero-order valence-corrected chi connectivity index (χ0v) is 11.9. The number of nitrogens with two attached hydrogens (primary N) is 1. The van der Waals surface area contributed by atoms with Crippen molar-refractivity contribution in [3.8, 4) is 0 Å². The van der Waals surface area contributed by atoms with Crippen LogP contribution in [-0.2, 0) is 0 Å². The maximum Gasteiger partial charge on any atom is 0.0387 e. The van der Waals surface area contributed by atoms with Crippen molar-refractivity contribution in [3.05, 3.63) is 0 Å². The van der Waals surface area contributed by atoms with Gasteiger partial charge in [0.25, 0.3) is 0 Å². The highest BCUT2D eigenvalue weighted by molar-refractivity contribution is 5.07. The Balaban J connectivity index is 1.85. The van der Waals surface area contributed by atoms with Gasteiger partial charge in [-0.15, -0.1) is 0 Å². The van der Waals surface area contributed by atoms with E-state index in [1.807, 2.05) is 0 Å². The molecule has 3 fully saturated rings. The van der Waals surface area contributed by atoms with E-state index in [-0.39, 0.29) is 0 Å². The van der Waals surface area contributed by atoms with E-state index >= 15 is 0 Å². The van der Waals surface area contributed by atoms with Crippen LogP contribution < -0.4 is 5.73 Å². The number of likely N-dealkylation sites (tertiary alicyclic amines) is 1. The second-order valence-corrected chi connectivity index (χ2v) is 6.60. The molecule has 3 aliphatic rings. The topological polar surface area (TPSA) is 32.5 Å². The molecule has 0 aromatic rings. The van der Waals surface area contributed by atoms with Crippen molar-refractivity contribution in [1.29, 1.82) is 0 Å². The van der Waals surface area contributed by atoms with Crippen molar-refractivity contribution in [2.45, 2.75) is 57.0 Å².